The van der Waals surface area contributed by atoms with Gasteiger partial charge in [-0.1, -0.05) is 28.9 Å². The first-order valence-corrected chi connectivity index (χ1v) is 10.5. The van der Waals surface area contributed by atoms with Crippen molar-refractivity contribution in [2.24, 2.45) is 4.99 Å². The minimum absolute atomic E-state index is 0.0215. The molecule has 1 aromatic carbocycles. The molecule has 0 amide bonds. The van der Waals surface area contributed by atoms with Crippen LogP contribution in [-0.4, -0.2) is 26.0 Å². The number of aliphatic imine (C=N–C) groups is 1. The highest BCUT2D eigenvalue weighted by atomic mass is 79.9. The number of alkyl halides is 3. The number of carbonyl (C=O) groups excluding carboxylic acids is 1. The smallest absolute Gasteiger partial charge is 0.300 e. The maximum atomic E-state index is 13.9. The van der Waals surface area contributed by atoms with E-state index in [4.69, 9.17) is 4.99 Å². The number of aromatic nitrogens is 3. The van der Waals surface area contributed by atoms with Gasteiger partial charge < -0.3 is 0 Å². The quantitative estimate of drug-likeness (QED) is 0.460. The van der Waals surface area contributed by atoms with Crippen LogP contribution in [0.4, 0.5) is 13.2 Å². The van der Waals surface area contributed by atoms with Crippen LogP contribution in [0.2, 0.25) is 0 Å². The predicted octanol–water partition coefficient (Wildman–Crippen LogP) is 5.70. The summed E-state index contributed by atoms with van der Waals surface area (Å²) in [6.45, 7) is 1.76. The highest BCUT2D eigenvalue weighted by Crippen LogP contribution is 2.39. The van der Waals surface area contributed by atoms with E-state index in [1.54, 1.807) is 49.5 Å². The topological polar surface area (TPSA) is 60.1 Å². The van der Waals surface area contributed by atoms with Gasteiger partial charge in [0.2, 0.25) is 0 Å². The summed E-state index contributed by atoms with van der Waals surface area (Å²) in [4.78, 5) is 25.2. The van der Waals surface area contributed by atoms with Crippen molar-refractivity contribution in [1.29, 1.82) is 0 Å². The predicted molar refractivity (Wildman–Crippen MR) is 113 cm³/mol. The number of Topliss-reactive ketones (excluding diaryl/α,β-unsaturated/α-hetero) is 1. The lowest BCUT2D eigenvalue weighted by molar-refractivity contribution is -0.142. The highest BCUT2D eigenvalue weighted by Gasteiger charge is 2.39. The van der Waals surface area contributed by atoms with Crippen LogP contribution in [0, 0.1) is 0 Å². The molecule has 2 aromatic heterocycles. The van der Waals surface area contributed by atoms with Crippen molar-refractivity contribution >= 4 is 27.4 Å². The molecule has 4 rings (SSSR count). The zero-order valence-corrected chi connectivity index (χ0v) is 18.1. The lowest BCUT2D eigenvalue weighted by atomic mass is 10.0. The van der Waals surface area contributed by atoms with E-state index in [0.29, 0.717) is 33.5 Å². The number of halogens is 4. The lowest BCUT2D eigenvalue weighted by Crippen LogP contribution is -2.16. The second-order valence-electron chi connectivity index (χ2n) is 7.14. The molecule has 9 heteroatoms. The van der Waals surface area contributed by atoms with Gasteiger partial charge in [-0.15, -0.1) is 0 Å². The minimum Gasteiger partial charge on any atom is -0.300 e. The third-order valence-electron chi connectivity index (χ3n) is 5.12. The second kappa shape index (κ2) is 8.37. The zero-order valence-electron chi connectivity index (χ0n) is 16.5. The van der Waals surface area contributed by atoms with Crippen LogP contribution >= 0.6 is 15.9 Å². The average Bonchev–Trinajstić information content (AvgIpc) is 3.15. The van der Waals surface area contributed by atoms with Gasteiger partial charge in [-0.05, 0) is 36.8 Å². The molecule has 0 radical (unpaired) electrons. The molecule has 0 bridgehead atoms. The summed E-state index contributed by atoms with van der Waals surface area (Å²) in [7, 11) is 0. The first-order chi connectivity index (χ1) is 14.8. The summed E-state index contributed by atoms with van der Waals surface area (Å²) >= 11 is 3.41. The number of hydrogen-bond acceptors (Lipinski definition) is 4. The Bertz CT molecular complexity index is 1160. The fourth-order valence-electron chi connectivity index (χ4n) is 3.61. The molecule has 1 aliphatic heterocycles. The minimum atomic E-state index is -4.60. The molecule has 1 aliphatic rings. The normalized spacial score (nSPS) is 15.6. The molecule has 160 valence electrons. The number of rotatable bonds is 5. The van der Waals surface area contributed by atoms with Gasteiger partial charge >= 0.3 is 6.18 Å². The van der Waals surface area contributed by atoms with Crippen LogP contribution in [0.1, 0.15) is 55.0 Å². The number of carbonyl (C=O) groups is 1. The number of benzene rings is 1. The maximum absolute atomic E-state index is 13.9. The van der Waals surface area contributed by atoms with E-state index in [1.165, 1.54) is 0 Å². The first kappa shape index (κ1) is 21.4. The number of hydrogen-bond donors (Lipinski definition) is 0. The van der Waals surface area contributed by atoms with Gasteiger partial charge in [-0.25, -0.2) is 4.98 Å². The van der Waals surface area contributed by atoms with Crippen LogP contribution < -0.4 is 0 Å². The van der Waals surface area contributed by atoms with Crippen molar-refractivity contribution in [3.8, 4) is 5.69 Å². The molecule has 0 unspecified atom stereocenters. The van der Waals surface area contributed by atoms with Gasteiger partial charge in [0.1, 0.15) is 23.3 Å². The molecule has 31 heavy (non-hydrogen) atoms. The van der Waals surface area contributed by atoms with Gasteiger partial charge in [0.25, 0.3) is 0 Å². The molecular weight excluding hydrogens is 473 g/mol. The van der Waals surface area contributed by atoms with Crippen LogP contribution in [0.5, 0.6) is 0 Å². The third-order valence-corrected chi connectivity index (χ3v) is 5.61. The summed E-state index contributed by atoms with van der Waals surface area (Å²) in [5, 5.41) is 0. The van der Waals surface area contributed by atoms with Crippen molar-refractivity contribution < 1.29 is 18.0 Å². The van der Waals surface area contributed by atoms with Crippen LogP contribution in [-0.2, 0) is 11.0 Å². The van der Waals surface area contributed by atoms with E-state index >= 15 is 0 Å². The number of pyridine rings is 1. The Kier molecular flexibility index (Phi) is 5.79. The Hall–Kier alpha value is -2.81. The van der Waals surface area contributed by atoms with E-state index in [0.717, 1.165) is 10.8 Å². The van der Waals surface area contributed by atoms with E-state index in [1.807, 2.05) is 0 Å². The standard InChI is InChI=1S/C22H18BrF3N4O/c1-2-14(31)7-8-17-21-28-12-19(22(24,25)26)30(21)18-9-6-13(23)11-15(18)20(29-17)16-5-3-4-10-27-16/h3-6,9-12,17H,2,7-8H2,1H3/t17-/m0/s1. The number of ketones is 1. The van der Waals surface area contributed by atoms with Gasteiger partial charge in [0.15, 0.2) is 0 Å². The molecule has 0 fully saturated rings. The number of fused-ring (bicyclic) bond motifs is 3. The maximum Gasteiger partial charge on any atom is 0.433 e. The number of nitrogens with zero attached hydrogens (tertiary/aromatic N) is 4. The SMILES string of the molecule is CCC(=O)CC[C@@H]1N=C(c2ccccn2)c2cc(Br)ccc2-n2c(C(F)(F)F)cnc21. The van der Waals surface area contributed by atoms with Crippen molar-refractivity contribution in [2.45, 2.75) is 38.4 Å². The molecule has 5 nitrogen and oxygen atoms in total. The Morgan fingerprint density at radius 1 is 1.19 bits per heavy atom. The molecule has 0 aliphatic carbocycles. The highest BCUT2D eigenvalue weighted by molar-refractivity contribution is 9.10. The van der Waals surface area contributed by atoms with E-state index in [2.05, 4.69) is 25.9 Å². The fraction of sp³-hybridized carbons (Fsp3) is 0.273. The summed E-state index contributed by atoms with van der Waals surface area (Å²) in [6, 6.07) is 9.60. The lowest BCUT2D eigenvalue weighted by Gasteiger charge is -2.17. The van der Waals surface area contributed by atoms with Crippen molar-refractivity contribution in [3.63, 3.8) is 0 Å². The van der Waals surface area contributed by atoms with E-state index in [9.17, 15) is 18.0 Å². The van der Waals surface area contributed by atoms with Gasteiger partial charge in [0, 0.05) is 29.1 Å². The van der Waals surface area contributed by atoms with Crippen molar-refractivity contribution in [3.05, 3.63) is 76.0 Å². The van der Waals surface area contributed by atoms with Crippen molar-refractivity contribution in [1.82, 2.24) is 14.5 Å². The fourth-order valence-corrected chi connectivity index (χ4v) is 3.97. The molecule has 3 aromatic rings. The molecular formula is C22H18BrF3N4O. The Morgan fingerprint density at radius 3 is 2.68 bits per heavy atom. The van der Waals surface area contributed by atoms with E-state index < -0.39 is 17.9 Å². The monoisotopic (exact) mass is 490 g/mol. The summed E-state index contributed by atoms with van der Waals surface area (Å²) in [6.07, 6.45) is -1.35. The van der Waals surface area contributed by atoms with Gasteiger partial charge in [-0.2, -0.15) is 13.2 Å². The zero-order chi connectivity index (χ0) is 22.2. The summed E-state index contributed by atoms with van der Waals surface area (Å²) < 4.78 is 43.4. The molecule has 0 saturated heterocycles. The summed E-state index contributed by atoms with van der Waals surface area (Å²) in [5.74, 6) is 0.180. The Labute approximate surface area is 185 Å². The third kappa shape index (κ3) is 4.19. The molecule has 1 atom stereocenters. The van der Waals surface area contributed by atoms with Gasteiger partial charge in [0.05, 0.1) is 23.3 Å². The first-order valence-electron chi connectivity index (χ1n) is 9.75. The number of imidazole rings is 1. The molecule has 3 heterocycles. The average molecular weight is 491 g/mol. The van der Waals surface area contributed by atoms with Crippen LogP contribution in [0.25, 0.3) is 5.69 Å². The Morgan fingerprint density at radius 2 is 2.00 bits per heavy atom. The largest absolute Gasteiger partial charge is 0.433 e. The van der Waals surface area contributed by atoms with Crippen molar-refractivity contribution in [2.75, 3.05) is 0 Å². The van der Waals surface area contributed by atoms with Crippen LogP contribution in [0.15, 0.2) is 58.3 Å². The van der Waals surface area contributed by atoms with Gasteiger partial charge in [-0.3, -0.25) is 19.3 Å². The molecule has 0 saturated carbocycles. The molecule has 0 N–H and O–H groups in total. The van der Waals surface area contributed by atoms with E-state index in [-0.39, 0.29) is 24.4 Å². The molecule has 0 spiro atoms. The summed E-state index contributed by atoms with van der Waals surface area (Å²) in [5.41, 5.74) is 0.937. The second-order valence-corrected chi connectivity index (χ2v) is 8.05. The Balaban J connectivity index is 1.98. The van der Waals surface area contributed by atoms with Crippen LogP contribution in [0.3, 0.4) is 0 Å².